The number of ether oxygens (including phenoxy) is 2. The van der Waals surface area contributed by atoms with Gasteiger partial charge in [0.2, 0.25) is 0 Å². The zero-order chi connectivity index (χ0) is 12.1. The number of nitrogens with one attached hydrogen (secondary N) is 1. The van der Waals surface area contributed by atoms with Crippen LogP contribution in [0.2, 0.25) is 0 Å². The van der Waals surface area contributed by atoms with Gasteiger partial charge in [-0.2, -0.15) is 0 Å². The predicted octanol–water partition coefficient (Wildman–Crippen LogP) is 1.48. The Morgan fingerprint density at radius 2 is 2.12 bits per heavy atom. The summed E-state index contributed by atoms with van der Waals surface area (Å²) in [5.74, 6) is 1.07. The van der Waals surface area contributed by atoms with Crippen LogP contribution < -0.4 is 10.1 Å². The Hall–Kier alpha value is -0.970. The van der Waals surface area contributed by atoms with E-state index in [0.717, 1.165) is 11.4 Å². The van der Waals surface area contributed by atoms with Crippen molar-refractivity contribution in [3.8, 4) is 5.75 Å². The molecule has 0 radical (unpaired) electrons. The summed E-state index contributed by atoms with van der Waals surface area (Å²) in [5.41, 5.74) is 0.936. The highest BCUT2D eigenvalue weighted by Crippen LogP contribution is 2.19. The molecule has 1 heterocycles. The van der Waals surface area contributed by atoms with E-state index in [-0.39, 0.29) is 12.0 Å². The minimum Gasteiger partial charge on any atom is -0.486 e. The van der Waals surface area contributed by atoms with Gasteiger partial charge in [-0.25, -0.2) is 0 Å². The van der Waals surface area contributed by atoms with Crippen LogP contribution in [0, 0.1) is 0 Å². The average molecular weight is 258 g/mol. The van der Waals surface area contributed by atoms with Crippen molar-refractivity contribution in [2.45, 2.75) is 12.2 Å². The van der Waals surface area contributed by atoms with E-state index in [1.807, 2.05) is 24.3 Å². The molecule has 94 valence electrons. The highest BCUT2D eigenvalue weighted by molar-refractivity contribution is 6.18. The third kappa shape index (κ3) is 3.77. The minimum atomic E-state index is -0.528. The summed E-state index contributed by atoms with van der Waals surface area (Å²) < 4.78 is 10.7. The summed E-state index contributed by atoms with van der Waals surface area (Å²) in [5, 5.41) is 12.4. The molecule has 2 rings (SSSR count). The van der Waals surface area contributed by atoms with E-state index in [0.29, 0.717) is 19.8 Å². The van der Waals surface area contributed by atoms with Crippen LogP contribution in [0.3, 0.4) is 0 Å². The largest absolute Gasteiger partial charge is 0.486 e. The van der Waals surface area contributed by atoms with Crippen LogP contribution in [0.1, 0.15) is 0 Å². The van der Waals surface area contributed by atoms with Gasteiger partial charge in [-0.15, -0.1) is 11.6 Å². The van der Waals surface area contributed by atoms with E-state index in [1.54, 1.807) is 0 Å². The molecule has 0 aliphatic carbocycles. The zero-order valence-corrected chi connectivity index (χ0v) is 10.2. The fourth-order valence-electron chi connectivity index (χ4n) is 1.42. The van der Waals surface area contributed by atoms with Gasteiger partial charge in [0.15, 0.2) is 0 Å². The Morgan fingerprint density at radius 3 is 2.65 bits per heavy atom. The highest BCUT2D eigenvalue weighted by Gasteiger charge is 2.19. The monoisotopic (exact) mass is 257 g/mol. The van der Waals surface area contributed by atoms with Gasteiger partial charge >= 0.3 is 0 Å². The number of aliphatic hydroxyl groups is 1. The lowest BCUT2D eigenvalue weighted by Crippen LogP contribution is -2.38. The first-order chi connectivity index (χ1) is 8.28. The first kappa shape index (κ1) is 12.5. The Morgan fingerprint density at radius 1 is 1.41 bits per heavy atom. The summed E-state index contributed by atoms with van der Waals surface area (Å²) in [6, 6.07) is 7.62. The van der Waals surface area contributed by atoms with E-state index in [1.165, 1.54) is 0 Å². The maximum absolute atomic E-state index is 9.30. The SMILES string of the molecule is OC(CCl)CNc1ccc(OC2COC2)cc1. The number of anilines is 1. The highest BCUT2D eigenvalue weighted by atomic mass is 35.5. The summed E-state index contributed by atoms with van der Waals surface area (Å²) in [7, 11) is 0. The van der Waals surface area contributed by atoms with Crippen LogP contribution in [0.15, 0.2) is 24.3 Å². The number of hydrogen-bond donors (Lipinski definition) is 2. The van der Waals surface area contributed by atoms with Gasteiger partial charge in [0.05, 0.1) is 25.2 Å². The molecule has 4 nitrogen and oxygen atoms in total. The van der Waals surface area contributed by atoms with Gasteiger partial charge in [0, 0.05) is 12.2 Å². The smallest absolute Gasteiger partial charge is 0.145 e. The summed E-state index contributed by atoms with van der Waals surface area (Å²) in [6.07, 6.45) is -0.341. The Bertz CT molecular complexity index is 340. The van der Waals surface area contributed by atoms with E-state index in [4.69, 9.17) is 21.1 Å². The molecule has 1 unspecified atom stereocenters. The topological polar surface area (TPSA) is 50.7 Å². The number of alkyl halides is 1. The van der Waals surface area contributed by atoms with Gasteiger partial charge in [-0.05, 0) is 24.3 Å². The van der Waals surface area contributed by atoms with Crippen LogP contribution in [0.25, 0.3) is 0 Å². The molecule has 1 atom stereocenters. The molecule has 17 heavy (non-hydrogen) atoms. The molecule has 2 N–H and O–H groups in total. The van der Waals surface area contributed by atoms with Crippen molar-refractivity contribution in [2.75, 3.05) is 31.0 Å². The molecule has 0 amide bonds. The first-order valence-corrected chi connectivity index (χ1v) is 6.14. The van der Waals surface area contributed by atoms with Crippen LogP contribution in [0.4, 0.5) is 5.69 Å². The van der Waals surface area contributed by atoms with Crippen LogP contribution >= 0.6 is 11.6 Å². The van der Waals surface area contributed by atoms with Crippen molar-refractivity contribution in [3.63, 3.8) is 0 Å². The van der Waals surface area contributed by atoms with Crippen molar-refractivity contribution < 1.29 is 14.6 Å². The maximum Gasteiger partial charge on any atom is 0.145 e. The van der Waals surface area contributed by atoms with Crippen LogP contribution in [-0.2, 0) is 4.74 Å². The first-order valence-electron chi connectivity index (χ1n) is 5.60. The Labute approximate surface area is 105 Å². The van der Waals surface area contributed by atoms with Gasteiger partial charge < -0.3 is 19.9 Å². The standard InChI is InChI=1S/C12H16ClNO3/c13-5-10(15)6-14-9-1-3-11(4-2-9)17-12-7-16-8-12/h1-4,10,12,14-15H,5-8H2. The van der Waals surface area contributed by atoms with Crippen molar-refractivity contribution in [1.82, 2.24) is 0 Å². The molecular weight excluding hydrogens is 242 g/mol. The summed E-state index contributed by atoms with van der Waals surface area (Å²) >= 11 is 5.50. The third-order valence-electron chi connectivity index (χ3n) is 2.48. The number of hydrogen-bond acceptors (Lipinski definition) is 4. The van der Waals surface area contributed by atoms with E-state index in [9.17, 15) is 5.11 Å². The number of benzene rings is 1. The van der Waals surface area contributed by atoms with E-state index in [2.05, 4.69) is 5.32 Å². The lowest BCUT2D eigenvalue weighted by atomic mass is 10.2. The van der Waals surface area contributed by atoms with Gasteiger partial charge in [-0.1, -0.05) is 0 Å². The fourth-order valence-corrected chi connectivity index (χ4v) is 1.53. The normalized spacial score (nSPS) is 17.3. The fraction of sp³-hybridized carbons (Fsp3) is 0.500. The molecule has 5 heteroatoms. The van der Waals surface area contributed by atoms with E-state index < -0.39 is 6.10 Å². The molecular formula is C12H16ClNO3. The summed E-state index contributed by atoms with van der Waals surface area (Å²) in [6.45, 7) is 1.78. The van der Waals surface area contributed by atoms with Crippen molar-refractivity contribution in [3.05, 3.63) is 24.3 Å². The van der Waals surface area contributed by atoms with Crippen molar-refractivity contribution in [1.29, 1.82) is 0 Å². The van der Waals surface area contributed by atoms with Crippen LogP contribution in [-0.4, -0.2) is 43.0 Å². The average Bonchev–Trinajstić information content (AvgIpc) is 2.32. The molecule has 0 bridgehead atoms. The van der Waals surface area contributed by atoms with Crippen LogP contribution in [0.5, 0.6) is 5.75 Å². The number of rotatable bonds is 6. The molecule has 0 saturated carbocycles. The van der Waals surface area contributed by atoms with E-state index >= 15 is 0 Å². The van der Waals surface area contributed by atoms with Crippen molar-refractivity contribution >= 4 is 17.3 Å². The second kappa shape index (κ2) is 6.10. The minimum absolute atomic E-state index is 0.187. The van der Waals surface area contributed by atoms with Gasteiger partial charge in [0.1, 0.15) is 11.9 Å². The molecule has 0 spiro atoms. The summed E-state index contributed by atoms with van der Waals surface area (Å²) in [4.78, 5) is 0. The molecule has 1 aromatic carbocycles. The van der Waals surface area contributed by atoms with Crippen molar-refractivity contribution in [2.24, 2.45) is 0 Å². The number of halogens is 1. The molecule has 1 aliphatic rings. The lowest BCUT2D eigenvalue weighted by molar-refractivity contribution is -0.0796. The Balaban J connectivity index is 1.80. The maximum atomic E-state index is 9.30. The second-order valence-electron chi connectivity index (χ2n) is 3.99. The Kier molecular flexibility index (Phi) is 4.48. The predicted molar refractivity (Wildman–Crippen MR) is 66.9 cm³/mol. The molecule has 1 saturated heterocycles. The molecule has 1 aliphatic heterocycles. The molecule has 1 fully saturated rings. The zero-order valence-electron chi connectivity index (χ0n) is 9.43. The molecule has 0 aromatic heterocycles. The van der Waals surface area contributed by atoms with Gasteiger partial charge in [0.25, 0.3) is 0 Å². The third-order valence-corrected chi connectivity index (χ3v) is 2.84. The van der Waals surface area contributed by atoms with Gasteiger partial charge in [-0.3, -0.25) is 0 Å². The lowest BCUT2D eigenvalue weighted by Gasteiger charge is -2.26. The second-order valence-corrected chi connectivity index (χ2v) is 4.30. The molecule has 1 aromatic rings. The quantitative estimate of drug-likeness (QED) is 0.758. The number of aliphatic hydroxyl groups excluding tert-OH is 1.